The van der Waals surface area contributed by atoms with Crippen LogP contribution in [0, 0.1) is 0 Å². The number of rotatable bonds is 8. The average Bonchev–Trinajstić information content (AvgIpc) is 3.30. The largest absolute Gasteiger partial charge is 0.493 e. The molecule has 6 nitrogen and oxygen atoms in total. The van der Waals surface area contributed by atoms with Crippen LogP contribution in [0.5, 0.6) is 11.5 Å². The smallest absolute Gasteiger partial charge is 0.256 e. The average molecular weight is 463 g/mol. The number of amides is 2. The molecule has 0 atom stereocenters. The predicted molar refractivity (Wildman–Crippen MR) is 132 cm³/mol. The summed E-state index contributed by atoms with van der Waals surface area (Å²) in [7, 11) is 3.11. The van der Waals surface area contributed by atoms with Gasteiger partial charge in [0.2, 0.25) is 5.91 Å². The number of fused-ring (bicyclic) bond motifs is 1. The van der Waals surface area contributed by atoms with Crippen molar-refractivity contribution in [1.29, 1.82) is 0 Å². The van der Waals surface area contributed by atoms with E-state index in [1.807, 2.05) is 24.3 Å². The maximum Gasteiger partial charge on any atom is 0.256 e. The zero-order valence-corrected chi connectivity index (χ0v) is 19.5. The molecular weight excluding hydrogens is 436 g/mol. The van der Waals surface area contributed by atoms with Crippen LogP contribution >= 0.6 is 11.8 Å². The van der Waals surface area contributed by atoms with Gasteiger partial charge in [0.15, 0.2) is 11.5 Å². The summed E-state index contributed by atoms with van der Waals surface area (Å²) in [4.78, 5) is 26.2. The minimum Gasteiger partial charge on any atom is -0.493 e. The number of thioether (sulfide) groups is 1. The Labute approximate surface area is 197 Å². The van der Waals surface area contributed by atoms with E-state index in [-0.39, 0.29) is 17.6 Å². The van der Waals surface area contributed by atoms with Gasteiger partial charge in [-0.2, -0.15) is 0 Å². The molecule has 0 aromatic heterocycles. The van der Waals surface area contributed by atoms with Crippen LogP contribution in [0.3, 0.4) is 0 Å². The molecule has 0 aliphatic heterocycles. The first-order valence-corrected chi connectivity index (χ1v) is 11.7. The van der Waals surface area contributed by atoms with Crippen LogP contribution in [0.1, 0.15) is 27.9 Å². The lowest BCUT2D eigenvalue weighted by molar-refractivity contribution is -0.113. The maximum absolute atomic E-state index is 13.0. The van der Waals surface area contributed by atoms with Crippen LogP contribution < -0.4 is 20.1 Å². The minimum absolute atomic E-state index is 0.164. The van der Waals surface area contributed by atoms with Crippen molar-refractivity contribution < 1.29 is 19.1 Å². The summed E-state index contributed by atoms with van der Waals surface area (Å²) in [6, 6.07) is 18.6. The van der Waals surface area contributed by atoms with Gasteiger partial charge in [-0.3, -0.25) is 9.59 Å². The summed E-state index contributed by atoms with van der Waals surface area (Å²) in [5, 5.41) is 5.86. The molecule has 170 valence electrons. The maximum atomic E-state index is 13.0. The predicted octanol–water partition coefficient (Wildman–Crippen LogP) is 5.18. The molecule has 0 radical (unpaired) electrons. The fourth-order valence-corrected chi connectivity index (χ4v) is 4.73. The molecule has 3 aromatic carbocycles. The van der Waals surface area contributed by atoms with Crippen molar-refractivity contribution >= 4 is 35.0 Å². The SMILES string of the molecule is COc1ccc(NC(=O)CSc2ccccc2C(=O)Nc2ccc3c(c2)CCC3)cc1OC. The third-order valence-electron chi connectivity index (χ3n) is 5.51. The summed E-state index contributed by atoms with van der Waals surface area (Å²) in [5.74, 6) is 0.930. The summed E-state index contributed by atoms with van der Waals surface area (Å²) < 4.78 is 10.5. The molecule has 0 saturated carbocycles. The molecule has 1 aliphatic carbocycles. The second-order valence-corrected chi connectivity index (χ2v) is 8.71. The molecule has 0 fully saturated rings. The van der Waals surface area contributed by atoms with E-state index < -0.39 is 0 Å². The highest BCUT2D eigenvalue weighted by molar-refractivity contribution is 8.00. The minimum atomic E-state index is -0.184. The lowest BCUT2D eigenvalue weighted by Gasteiger charge is -2.12. The molecule has 4 rings (SSSR count). The van der Waals surface area contributed by atoms with E-state index in [9.17, 15) is 9.59 Å². The second kappa shape index (κ2) is 10.4. The first-order chi connectivity index (χ1) is 16.1. The number of hydrogen-bond acceptors (Lipinski definition) is 5. The van der Waals surface area contributed by atoms with Gasteiger partial charge in [0.1, 0.15) is 0 Å². The van der Waals surface area contributed by atoms with Crippen LogP contribution in [-0.2, 0) is 17.6 Å². The van der Waals surface area contributed by atoms with Gasteiger partial charge in [-0.05, 0) is 66.8 Å². The van der Waals surface area contributed by atoms with Crippen LogP contribution in [-0.4, -0.2) is 31.8 Å². The second-order valence-electron chi connectivity index (χ2n) is 7.69. The first kappa shape index (κ1) is 22.7. The molecule has 0 spiro atoms. The number of hydrogen-bond donors (Lipinski definition) is 2. The van der Waals surface area contributed by atoms with Crippen LogP contribution in [0.2, 0.25) is 0 Å². The number of nitrogens with one attached hydrogen (secondary N) is 2. The lowest BCUT2D eigenvalue weighted by atomic mass is 10.1. The molecule has 2 amide bonds. The van der Waals surface area contributed by atoms with E-state index in [1.165, 1.54) is 22.9 Å². The van der Waals surface area contributed by atoms with Crippen molar-refractivity contribution in [3.05, 3.63) is 77.4 Å². The van der Waals surface area contributed by atoms with Crippen molar-refractivity contribution in [2.24, 2.45) is 0 Å². The Balaban J connectivity index is 1.39. The van der Waals surface area contributed by atoms with Gasteiger partial charge in [0, 0.05) is 22.3 Å². The molecule has 1 aliphatic rings. The fourth-order valence-electron chi connectivity index (χ4n) is 3.88. The Bertz CT molecular complexity index is 1180. The summed E-state index contributed by atoms with van der Waals surface area (Å²) in [6.07, 6.45) is 3.33. The van der Waals surface area contributed by atoms with Gasteiger partial charge in [0.25, 0.3) is 5.91 Å². The van der Waals surface area contributed by atoms with E-state index in [1.54, 1.807) is 38.5 Å². The molecule has 0 saturated heterocycles. The highest BCUT2D eigenvalue weighted by Gasteiger charge is 2.16. The number of methoxy groups -OCH3 is 2. The Hall–Kier alpha value is -3.45. The van der Waals surface area contributed by atoms with Crippen LogP contribution in [0.25, 0.3) is 0 Å². The summed E-state index contributed by atoms with van der Waals surface area (Å²) in [6.45, 7) is 0. The molecule has 0 heterocycles. The first-order valence-electron chi connectivity index (χ1n) is 10.7. The third-order valence-corrected chi connectivity index (χ3v) is 6.59. The molecule has 3 aromatic rings. The van der Waals surface area contributed by atoms with Crippen molar-refractivity contribution in [2.45, 2.75) is 24.2 Å². The van der Waals surface area contributed by atoms with E-state index >= 15 is 0 Å². The normalized spacial score (nSPS) is 12.1. The third kappa shape index (κ3) is 5.49. The Morgan fingerprint density at radius 3 is 2.39 bits per heavy atom. The number of benzene rings is 3. The Morgan fingerprint density at radius 2 is 1.58 bits per heavy atom. The number of ether oxygens (including phenoxy) is 2. The van der Waals surface area contributed by atoms with Crippen molar-refractivity contribution in [3.63, 3.8) is 0 Å². The number of anilines is 2. The van der Waals surface area contributed by atoms with Crippen LogP contribution in [0.4, 0.5) is 11.4 Å². The van der Waals surface area contributed by atoms with E-state index in [4.69, 9.17) is 9.47 Å². The highest BCUT2D eigenvalue weighted by atomic mass is 32.2. The molecule has 0 unspecified atom stereocenters. The number of carbonyl (C=O) groups excluding carboxylic acids is 2. The highest BCUT2D eigenvalue weighted by Crippen LogP contribution is 2.30. The van der Waals surface area contributed by atoms with Gasteiger partial charge in [-0.15, -0.1) is 11.8 Å². The summed E-state index contributed by atoms with van der Waals surface area (Å²) >= 11 is 1.32. The van der Waals surface area contributed by atoms with Crippen LogP contribution in [0.15, 0.2) is 65.6 Å². The Kier molecular flexibility index (Phi) is 7.19. The van der Waals surface area contributed by atoms with Crippen molar-refractivity contribution in [1.82, 2.24) is 0 Å². The quantitative estimate of drug-likeness (QED) is 0.452. The molecule has 0 bridgehead atoms. The molecule has 7 heteroatoms. The van der Waals surface area contributed by atoms with Gasteiger partial charge in [0.05, 0.1) is 25.5 Å². The van der Waals surface area contributed by atoms with Gasteiger partial charge in [-0.25, -0.2) is 0 Å². The van der Waals surface area contributed by atoms with Crippen molar-refractivity contribution in [3.8, 4) is 11.5 Å². The number of aryl methyl sites for hydroxylation is 2. The lowest BCUT2D eigenvalue weighted by Crippen LogP contribution is -2.16. The molecule has 33 heavy (non-hydrogen) atoms. The Morgan fingerprint density at radius 1 is 0.848 bits per heavy atom. The van der Waals surface area contributed by atoms with Gasteiger partial charge >= 0.3 is 0 Å². The zero-order valence-electron chi connectivity index (χ0n) is 18.6. The monoisotopic (exact) mass is 462 g/mol. The van der Waals surface area contributed by atoms with Gasteiger partial charge < -0.3 is 20.1 Å². The standard InChI is InChI=1S/C26H26N2O4S/c1-31-22-13-12-20(15-23(22)32-2)27-25(29)16-33-24-9-4-3-8-21(24)26(30)28-19-11-10-17-6-5-7-18(17)14-19/h3-4,8-15H,5-7,16H2,1-2H3,(H,27,29)(H,28,30). The van der Waals surface area contributed by atoms with E-state index in [0.29, 0.717) is 22.7 Å². The van der Waals surface area contributed by atoms with Crippen molar-refractivity contribution in [2.75, 3.05) is 30.6 Å². The molecule has 2 N–H and O–H groups in total. The van der Waals surface area contributed by atoms with E-state index in [0.717, 1.165) is 29.8 Å². The van der Waals surface area contributed by atoms with E-state index in [2.05, 4.69) is 22.8 Å². The number of carbonyl (C=O) groups is 2. The fraction of sp³-hybridized carbons (Fsp3) is 0.231. The zero-order chi connectivity index (χ0) is 23.2. The molecular formula is C26H26N2O4S. The summed E-state index contributed by atoms with van der Waals surface area (Å²) in [5.41, 5.74) is 4.63. The van der Waals surface area contributed by atoms with Gasteiger partial charge in [-0.1, -0.05) is 18.2 Å². The topological polar surface area (TPSA) is 76.7 Å².